The van der Waals surface area contributed by atoms with Crippen LogP contribution in [0.2, 0.25) is 0 Å². The molecule has 0 radical (unpaired) electrons. The van der Waals surface area contributed by atoms with Crippen LogP contribution in [0.1, 0.15) is 42.5 Å². The zero-order valence-electron chi connectivity index (χ0n) is 20.1. The smallest absolute Gasteiger partial charge is 0.335 e. The Hall–Kier alpha value is -4.36. The second-order valence-corrected chi connectivity index (χ2v) is 10.9. The quantitative estimate of drug-likeness (QED) is 0.597. The molecule has 2 aromatic carbocycles. The van der Waals surface area contributed by atoms with Gasteiger partial charge in [0.05, 0.1) is 39.4 Å². The molecule has 1 N–H and O–H groups in total. The van der Waals surface area contributed by atoms with Crippen LogP contribution >= 0.6 is 0 Å². The Balaban J connectivity index is 1.98. The number of urea groups is 2. The molecule has 1 heterocycles. The van der Waals surface area contributed by atoms with Gasteiger partial charge in [0.2, 0.25) is 0 Å². The average molecular weight is 544 g/mol. The third kappa shape index (κ3) is 4.93. The summed E-state index contributed by atoms with van der Waals surface area (Å²) >= 11 is 0. The Bertz CT molecular complexity index is 1570. The van der Waals surface area contributed by atoms with Gasteiger partial charge in [0.25, 0.3) is 0 Å². The lowest BCUT2D eigenvalue weighted by Gasteiger charge is -2.41. The van der Waals surface area contributed by atoms with E-state index in [1.807, 2.05) is 12.1 Å². The molecule has 2 aromatic rings. The van der Waals surface area contributed by atoms with Crippen LogP contribution in [0.3, 0.4) is 0 Å². The van der Waals surface area contributed by atoms with Crippen molar-refractivity contribution in [2.75, 3.05) is 11.2 Å². The van der Waals surface area contributed by atoms with Crippen LogP contribution in [0.4, 0.5) is 28.4 Å². The molecular formula is C25H20F3N5O4S. The van der Waals surface area contributed by atoms with Crippen LogP contribution in [0.5, 0.6) is 0 Å². The van der Waals surface area contributed by atoms with Crippen LogP contribution in [0.15, 0.2) is 58.6 Å². The van der Waals surface area contributed by atoms with E-state index < -0.39 is 39.7 Å². The standard InChI is InChI=1S/C25H20F3N5O4S/c1-14-20(13-30)22(19-9-6-15(12-29)10-21(19)38(2,36)37)33(23(34)31-17-7-8-17)24(35)32(14)18-5-3-4-16(11-18)25(26,27)28/h3-6,9-11,17,22H,7-8H2,1-2H3,(H,31,34). The number of allylic oxidation sites excluding steroid dienone is 1. The van der Waals surface area contributed by atoms with Crippen LogP contribution in [-0.2, 0) is 16.0 Å². The lowest BCUT2D eigenvalue weighted by atomic mass is 9.93. The van der Waals surface area contributed by atoms with Gasteiger partial charge in [-0.25, -0.2) is 22.9 Å². The van der Waals surface area contributed by atoms with Crippen LogP contribution < -0.4 is 10.2 Å². The van der Waals surface area contributed by atoms with Gasteiger partial charge in [-0.3, -0.25) is 4.90 Å². The van der Waals surface area contributed by atoms with Gasteiger partial charge in [0, 0.05) is 18.0 Å². The molecule has 1 fully saturated rings. The number of halogens is 3. The fourth-order valence-corrected chi connectivity index (χ4v) is 5.15. The number of benzene rings is 2. The van der Waals surface area contributed by atoms with Crippen molar-refractivity contribution >= 4 is 27.6 Å². The fourth-order valence-electron chi connectivity index (χ4n) is 4.20. The number of carbonyl (C=O) groups is 2. The summed E-state index contributed by atoms with van der Waals surface area (Å²) in [6.45, 7) is 1.32. The zero-order valence-corrected chi connectivity index (χ0v) is 20.9. The highest BCUT2D eigenvalue weighted by Crippen LogP contribution is 2.42. The summed E-state index contributed by atoms with van der Waals surface area (Å²) in [5, 5.41) is 22.0. The van der Waals surface area contributed by atoms with E-state index in [0.29, 0.717) is 17.7 Å². The van der Waals surface area contributed by atoms with Gasteiger partial charge in [0.15, 0.2) is 9.84 Å². The Kier molecular flexibility index (Phi) is 6.68. The van der Waals surface area contributed by atoms with Gasteiger partial charge in [-0.15, -0.1) is 0 Å². The number of hydrogen-bond donors (Lipinski definition) is 1. The normalized spacial score (nSPS) is 18.2. The number of carbonyl (C=O) groups excluding carboxylic acids is 2. The molecule has 4 amide bonds. The second kappa shape index (κ2) is 9.50. The molecule has 1 saturated carbocycles. The van der Waals surface area contributed by atoms with Gasteiger partial charge in [-0.05, 0) is 55.7 Å². The molecule has 4 rings (SSSR count). The largest absolute Gasteiger partial charge is 0.416 e. The van der Waals surface area contributed by atoms with Crippen molar-refractivity contribution < 1.29 is 31.2 Å². The van der Waals surface area contributed by atoms with Crippen molar-refractivity contribution in [1.29, 1.82) is 10.5 Å². The van der Waals surface area contributed by atoms with E-state index in [0.717, 1.165) is 35.4 Å². The first-order chi connectivity index (χ1) is 17.8. The number of anilines is 1. The molecule has 2 aliphatic rings. The van der Waals surface area contributed by atoms with E-state index in [1.165, 1.54) is 25.1 Å². The number of amides is 4. The molecular weight excluding hydrogens is 523 g/mol. The molecule has 38 heavy (non-hydrogen) atoms. The summed E-state index contributed by atoms with van der Waals surface area (Å²) in [6, 6.07) is 7.42. The molecule has 0 bridgehead atoms. The van der Waals surface area contributed by atoms with E-state index in [-0.39, 0.29) is 39.0 Å². The van der Waals surface area contributed by atoms with Crippen molar-refractivity contribution in [3.05, 3.63) is 70.4 Å². The maximum Gasteiger partial charge on any atom is 0.416 e. The van der Waals surface area contributed by atoms with Crippen molar-refractivity contribution in [2.45, 2.75) is 42.9 Å². The monoisotopic (exact) mass is 543 g/mol. The molecule has 196 valence electrons. The first-order valence-corrected chi connectivity index (χ1v) is 13.1. The van der Waals surface area contributed by atoms with E-state index in [2.05, 4.69) is 5.32 Å². The molecule has 1 unspecified atom stereocenters. The molecule has 1 atom stereocenters. The predicted molar refractivity (Wildman–Crippen MR) is 128 cm³/mol. The Morgan fingerprint density at radius 2 is 1.79 bits per heavy atom. The second-order valence-electron chi connectivity index (χ2n) is 8.91. The summed E-state index contributed by atoms with van der Waals surface area (Å²) in [5.41, 5.74) is -1.71. The summed E-state index contributed by atoms with van der Waals surface area (Å²) in [4.78, 5) is 28.3. The number of imide groups is 1. The number of rotatable bonds is 4. The minimum Gasteiger partial charge on any atom is -0.335 e. The first-order valence-electron chi connectivity index (χ1n) is 11.2. The van der Waals surface area contributed by atoms with E-state index >= 15 is 0 Å². The molecule has 0 saturated heterocycles. The van der Waals surface area contributed by atoms with E-state index in [1.54, 1.807) is 0 Å². The van der Waals surface area contributed by atoms with Gasteiger partial charge in [-0.2, -0.15) is 23.7 Å². The van der Waals surface area contributed by atoms with E-state index in [9.17, 15) is 41.7 Å². The van der Waals surface area contributed by atoms with E-state index in [4.69, 9.17) is 0 Å². The molecule has 9 nitrogen and oxygen atoms in total. The van der Waals surface area contributed by atoms with Crippen LogP contribution in [0.25, 0.3) is 0 Å². The summed E-state index contributed by atoms with van der Waals surface area (Å²) < 4.78 is 65.6. The summed E-state index contributed by atoms with van der Waals surface area (Å²) in [5.74, 6) is 0. The van der Waals surface area contributed by atoms with Gasteiger partial charge >= 0.3 is 18.2 Å². The minimum atomic E-state index is -4.72. The maximum atomic E-state index is 13.8. The van der Waals surface area contributed by atoms with Crippen molar-refractivity contribution in [3.63, 3.8) is 0 Å². The first kappa shape index (κ1) is 26.7. The van der Waals surface area contributed by atoms with Crippen molar-refractivity contribution in [1.82, 2.24) is 10.2 Å². The molecule has 1 aliphatic carbocycles. The minimum absolute atomic E-state index is 0.00454. The SMILES string of the molecule is CC1=C(C#N)C(c2ccc(C#N)cc2S(C)(=O)=O)N(C(=O)NC2CC2)C(=O)N1c1cccc(C(F)(F)F)c1. The highest BCUT2D eigenvalue weighted by molar-refractivity contribution is 7.90. The number of hydrogen-bond acceptors (Lipinski definition) is 6. The topological polar surface area (TPSA) is 134 Å². The molecule has 13 heteroatoms. The Morgan fingerprint density at radius 1 is 1.11 bits per heavy atom. The molecule has 0 aromatic heterocycles. The lowest BCUT2D eigenvalue weighted by Crippen LogP contribution is -2.55. The van der Waals surface area contributed by atoms with Crippen molar-refractivity contribution in [3.8, 4) is 12.1 Å². The molecule has 0 spiro atoms. The van der Waals surface area contributed by atoms with Crippen LogP contribution in [0, 0.1) is 22.7 Å². The number of nitrogens with one attached hydrogen (secondary N) is 1. The van der Waals surface area contributed by atoms with Gasteiger partial charge in [-0.1, -0.05) is 12.1 Å². The zero-order chi connectivity index (χ0) is 28.0. The number of alkyl halides is 3. The highest BCUT2D eigenvalue weighted by atomic mass is 32.2. The lowest BCUT2D eigenvalue weighted by molar-refractivity contribution is -0.137. The van der Waals surface area contributed by atoms with Gasteiger partial charge in [0.1, 0.15) is 6.04 Å². The Labute approximate surface area is 216 Å². The number of sulfone groups is 1. The fraction of sp³-hybridized carbons (Fsp3) is 0.280. The van der Waals surface area contributed by atoms with Crippen molar-refractivity contribution in [2.24, 2.45) is 0 Å². The average Bonchev–Trinajstić information content (AvgIpc) is 3.66. The third-order valence-corrected chi connectivity index (χ3v) is 7.32. The maximum absolute atomic E-state index is 13.8. The van der Waals surface area contributed by atoms with Gasteiger partial charge < -0.3 is 5.32 Å². The molecule has 1 aliphatic heterocycles. The summed E-state index contributed by atoms with van der Waals surface area (Å²) in [7, 11) is -4.02. The number of nitrogens with zero attached hydrogens (tertiary/aromatic N) is 4. The third-order valence-electron chi connectivity index (χ3n) is 6.17. The Morgan fingerprint density at radius 3 is 2.34 bits per heavy atom. The highest BCUT2D eigenvalue weighted by Gasteiger charge is 2.46. The van der Waals surface area contributed by atoms with Crippen LogP contribution in [-0.4, -0.2) is 37.7 Å². The summed E-state index contributed by atoms with van der Waals surface area (Å²) in [6.07, 6.45) is -2.56. The number of nitriles is 2. The predicted octanol–water partition coefficient (Wildman–Crippen LogP) is 4.63.